The van der Waals surface area contributed by atoms with Gasteiger partial charge in [0.1, 0.15) is 11.6 Å². The fourth-order valence-corrected chi connectivity index (χ4v) is 6.37. The largest absolute Gasteiger partial charge is 0.493 e. The predicted molar refractivity (Wildman–Crippen MR) is 158 cm³/mol. The van der Waals surface area contributed by atoms with Crippen LogP contribution in [0.4, 0.5) is 5.69 Å². The van der Waals surface area contributed by atoms with E-state index in [1.54, 1.807) is 6.20 Å². The lowest BCUT2D eigenvalue weighted by atomic mass is 9.83. The minimum absolute atomic E-state index is 0.0262. The summed E-state index contributed by atoms with van der Waals surface area (Å²) >= 11 is 0. The number of carboxylic acids is 1. The fourth-order valence-electron chi connectivity index (χ4n) is 6.37. The molecule has 0 saturated carbocycles. The van der Waals surface area contributed by atoms with Crippen LogP contribution in [0.25, 0.3) is 0 Å². The normalized spacial score (nSPS) is 20.1. The Morgan fingerprint density at radius 1 is 1.22 bits per heavy atom. The number of hydrogen-bond acceptors (Lipinski definition) is 6. The maximum absolute atomic E-state index is 14.0. The molecule has 0 aliphatic carbocycles. The summed E-state index contributed by atoms with van der Waals surface area (Å²) in [6.45, 7) is 4.41. The molecule has 9 heteroatoms. The van der Waals surface area contributed by atoms with E-state index >= 15 is 0 Å². The number of anilines is 1. The summed E-state index contributed by atoms with van der Waals surface area (Å²) in [6, 6.07) is 13.6. The number of rotatable bonds is 12. The molecular formula is C32H41N5O4. The maximum Gasteiger partial charge on any atom is 0.308 e. The number of unbranched alkanes of at least 4 members (excludes halogenated alkanes) is 1. The Morgan fingerprint density at radius 3 is 2.80 bits per heavy atom. The zero-order chi connectivity index (χ0) is 28.9. The molecule has 5 rings (SSSR count). The number of carboxylic acid groups (broad SMARTS) is 1. The van der Waals surface area contributed by atoms with E-state index in [0.29, 0.717) is 39.1 Å². The Balaban J connectivity index is 1.44. The number of aliphatic carboxylic acids is 1. The molecule has 1 unspecified atom stereocenters. The van der Waals surface area contributed by atoms with E-state index in [1.807, 2.05) is 59.1 Å². The van der Waals surface area contributed by atoms with Crippen LogP contribution in [0, 0.1) is 5.92 Å². The maximum atomic E-state index is 14.0. The van der Waals surface area contributed by atoms with Gasteiger partial charge in [-0.05, 0) is 47.7 Å². The number of imidazole rings is 1. The second-order valence-corrected chi connectivity index (χ2v) is 11.2. The van der Waals surface area contributed by atoms with Crippen molar-refractivity contribution in [3.63, 3.8) is 0 Å². The van der Waals surface area contributed by atoms with Gasteiger partial charge in [0.2, 0.25) is 5.91 Å². The number of hydrogen-bond donors (Lipinski definition) is 2. The first kappa shape index (κ1) is 28.8. The van der Waals surface area contributed by atoms with Crippen LogP contribution in [0.2, 0.25) is 0 Å². The summed E-state index contributed by atoms with van der Waals surface area (Å²) in [5.74, 6) is 0.0482. The molecular weight excluding hydrogens is 518 g/mol. The molecule has 1 fully saturated rings. The van der Waals surface area contributed by atoms with Gasteiger partial charge in [-0.2, -0.15) is 0 Å². The number of benzene rings is 2. The summed E-state index contributed by atoms with van der Waals surface area (Å²) in [4.78, 5) is 35.3. The highest BCUT2D eigenvalue weighted by atomic mass is 16.5. The first-order valence-electron chi connectivity index (χ1n) is 14.7. The second-order valence-electron chi connectivity index (χ2n) is 11.2. The summed E-state index contributed by atoms with van der Waals surface area (Å²) in [7, 11) is 1.95. The highest BCUT2D eigenvalue weighted by Crippen LogP contribution is 2.41. The van der Waals surface area contributed by atoms with Gasteiger partial charge in [-0.3, -0.25) is 14.5 Å². The quantitative estimate of drug-likeness (QED) is 0.347. The van der Waals surface area contributed by atoms with E-state index in [2.05, 4.69) is 22.9 Å². The van der Waals surface area contributed by atoms with Crippen LogP contribution in [-0.4, -0.2) is 63.7 Å². The molecule has 2 aliphatic heterocycles. The number of aromatic nitrogens is 2. The van der Waals surface area contributed by atoms with Gasteiger partial charge in [0, 0.05) is 69.6 Å². The van der Waals surface area contributed by atoms with Crippen LogP contribution in [0.3, 0.4) is 0 Å². The van der Waals surface area contributed by atoms with Crippen molar-refractivity contribution < 1.29 is 19.4 Å². The van der Waals surface area contributed by atoms with E-state index < -0.39 is 11.9 Å². The van der Waals surface area contributed by atoms with Gasteiger partial charge in [-0.25, -0.2) is 4.98 Å². The van der Waals surface area contributed by atoms with Crippen LogP contribution < -0.4 is 15.4 Å². The molecule has 1 amide bonds. The van der Waals surface area contributed by atoms with E-state index in [4.69, 9.17) is 10.5 Å². The molecule has 9 nitrogen and oxygen atoms in total. The van der Waals surface area contributed by atoms with Crippen molar-refractivity contribution in [1.29, 1.82) is 0 Å². The Morgan fingerprint density at radius 2 is 2.07 bits per heavy atom. The zero-order valence-corrected chi connectivity index (χ0v) is 24.0. The van der Waals surface area contributed by atoms with Crippen molar-refractivity contribution in [2.75, 3.05) is 31.1 Å². The van der Waals surface area contributed by atoms with Gasteiger partial charge in [-0.15, -0.1) is 0 Å². The van der Waals surface area contributed by atoms with Crippen molar-refractivity contribution >= 4 is 17.6 Å². The van der Waals surface area contributed by atoms with Crippen molar-refractivity contribution in [1.82, 2.24) is 14.5 Å². The SMILES string of the molecule is CCCCN(C(=O)CN1C[C@H](c2ccc3c(c2)CCO3)C(C(=O)O)[C@@H]1CCc1nccn1C)c1cccc(CN)c1. The monoisotopic (exact) mass is 559 g/mol. The number of nitrogens with two attached hydrogens (primary N) is 1. The first-order chi connectivity index (χ1) is 19.9. The molecule has 3 N–H and O–H groups in total. The molecule has 0 spiro atoms. The van der Waals surface area contributed by atoms with Gasteiger partial charge >= 0.3 is 5.97 Å². The van der Waals surface area contributed by atoms with Gasteiger partial charge in [-0.1, -0.05) is 37.6 Å². The summed E-state index contributed by atoms with van der Waals surface area (Å²) in [5, 5.41) is 10.6. The molecule has 3 aromatic rings. The van der Waals surface area contributed by atoms with Gasteiger partial charge < -0.3 is 25.0 Å². The van der Waals surface area contributed by atoms with Crippen molar-refractivity contribution in [2.24, 2.45) is 18.7 Å². The molecule has 3 atom stereocenters. The molecule has 0 radical (unpaired) electrons. The molecule has 2 aromatic carbocycles. The molecule has 218 valence electrons. The molecule has 0 bridgehead atoms. The van der Waals surface area contributed by atoms with Crippen molar-refractivity contribution in [3.8, 4) is 5.75 Å². The number of amides is 1. The Hall–Kier alpha value is -3.69. The number of nitrogens with zero attached hydrogens (tertiary/aromatic N) is 4. The van der Waals surface area contributed by atoms with Crippen molar-refractivity contribution in [2.45, 2.75) is 57.5 Å². The van der Waals surface area contributed by atoms with E-state index in [-0.39, 0.29) is 24.4 Å². The molecule has 3 heterocycles. The smallest absolute Gasteiger partial charge is 0.308 e. The van der Waals surface area contributed by atoms with Gasteiger partial charge in [0.25, 0.3) is 0 Å². The predicted octanol–water partition coefficient (Wildman–Crippen LogP) is 3.75. The number of fused-ring (bicyclic) bond motifs is 1. The lowest BCUT2D eigenvalue weighted by Gasteiger charge is -2.30. The Kier molecular flexibility index (Phi) is 9.05. The molecule has 2 aliphatic rings. The number of carbonyl (C=O) groups is 2. The molecule has 1 aromatic heterocycles. The van der Waals surface area contributed by atoms with Gasteiger partial charge in [0.15, 0.2) is 0 Å². The number of ether oxygens (including phenoxy) is 1. The highest BCUT2D eigenvalue weighted by molar-refractivity contribution is 5.95. The van der Waals surface area contributed by atoms with E-state index in [1.165, 1.54) is 0 Å². The van der Waals surface area contributed by atoms with Crippen LogP contribution in [0.15, 0.2) is 54.9 Å². The van der Waals surface area contributed by atoms with Crippen LogP contribution >= 0.6 is 0 Å². The number of likely N-dealkylation sites (tertiary alicyclic amines) is 1. The lowest BCUT2D eigenvalue weighted by Crippen LogP contribution is -2.44. The van der Waals surface area contributed by atoms with Crippen molar-refractivity contribution in [3.05, 3.63) is 77.4 Å². The minimum Gasteiger partial charge on any atom is -0.493 e. The lowest BCUT2D eigenvalue weighted by molar-refractivity contribution is -0.143. The number of aryl methyl sites for hydroxylation is 2. The third kappa shape index (κ3) is 6.31. The Bertz CT molecular complexity index is 1370. The average molecular weight is 560 g/mol. The van der Waals surface area contributed by atoms with Crippen LogP contribution in [-0.2, 0) is 36.0 Å². The summed E-state index contributed by atoms with van der Waals surface area (Å²) in [5.41, 5.74) is 9.82. The molecule has 41 heavy (non-hydrogen) atoms. The van der Waals surface area contributed by atoms with Crippen LogP contribution in [0.5, 0.6) is 5.75 Å². The molecule has 1 saturated heterocycles. The highest BCUT2D eigenvalue weighted by Gasteiger charge is 2.47. The zero-order valence-electron chi connectivity index (χ0n) is 24.0. The van der Waals surface area contributed by atoms with Gasteiger partial charge in [0.05, 0.1) is 19.1 Å². The average Bonchev–Trinajstić information content (AvgIpc) is 3.70. The first-order valence-corrected chi connectivity index (χ1v) is 14.7. The standard InChI is InChI=1S/C32H41N5O4/c1-3-4-14-37(25-7-5-6-22(17-25)19-33)30(38)21-36-20-26(23-8-10-28-24(18-23)12-16-41-28)31(32(39)40)27(36)9-11-29-34-13-15-35(29)2/h5-8,10,13,15,17-18,26-27,31H,3-4,9,11-12,14,16,19-21,33H2,1-2H3,(H,39,40)/t26-,27+,31?/m1/s1. The second kappa shape index (κ2) is 12.9. The topological polar surface area (TPSA) is 114 Å². The minimum atomic E-state index is -0.829. The third-order valence-corrected chi connectivity index (χ3v) is 8.59. The van der Waals surface area contributed by atoms with Crippen LogP contribution in [0.1, 0.15) is 54.6 Å². The fraction of sp³-hybridized carbons (Fsp3) is 0.469. The Labute approximate surface area is 241 Å². The number of carbonyl (C=O) groups excluding carboxylic acids is 1. The summed E-state index contributed by atoms with van der Waals surface area (Å²) < 4.78 is 7.67. The third-order valence-electron chi connectivity index (χ3n) is 8.59. The van der Waals surface area contributed by atoms with E-state index in [9.17, 15) is 14.7 Å². The summed E-state index contributed by atoms with van der Waals surface area (Å²) in [6.07, 6.45) is 7.54. The van der Waals surface area contributed by atoms with E-state index in [0.717, 1.165) is 53.2 Å².